The summed E-state index contributed by atoms with van der Waals surface area (Å²) in [7, 11) is -3.94. The first-order chi connectivity index (χ1) is 16.4. The number of anilines is 1. The van der Waals surface area contributed by atoms with Gasteiger partial charge in [0, 0.05) is 6.54 Å². The van der Waals surface area contributed by atoms with Crippen LogP contribution in [0.5, 0.6) is 0 Å². The van der Waals surface area contributed by atoms with Crippen LogP contribution in [0.25, 0.3) is 16.6 Å². The SMILES string of the molecule is O=NCc1cccc2[nH]c(=O)n(-c3cccc(S(=O)(=O)N4CCCc5ccccc54)c3)c(=O)c12. The lowest BCUT2D eigenvalue weighted by molar-refractivity contribution is 0.586. The Morgan fingerprint density at radius 3 is 2.59 bits per heavy atom. The third kappa shape index (κ3) is 3.52. The van der Waals surface area contributed by atoms with E-state index in [9.17, 15) is 22.9 Å². The number of para-hydroxylation sites is 1. The van der Waals surface area contributed by atoms with Crippen LogP contribution in [-0.2, 0) is 23.0 Å². The molecule has 0 aliphatic carbocycles. The van der Waals surface area contributed by atoms with Gasteiger partial charge < -0.3 is 4.98 Å². The first kappa shape index (κ1) is 21.8. The Morgan fingerprint density at radius 2 is 1.76 bits per heavy atom. The van der Waals surface area contributed by atoms with Gasteiger partial charge in [0.2, 0.25) is 0 Å². The molecule has 1 aliphatic heterocycles. The average Bonchev–Trinajstić information content (AvgIpc) is 2.84. The lowest BCUT2D eigenvalue weighted by Gasteiger charge is -2.30. The van der Waals surface area contributed by atoms with Crippen molar-refractivity contribution in [3.05, 3.63) is 104 Å². The van der Waals surface area contributed by atoms with Crippen LogP contribution in [0.4, 0.5) is 5.69 Å². The van der Waals surface area contributed by atoms with Crippen molar-refractivity contribution >= 4 is 26.6 Å². The van der Waals surface area contributed by atoms with Gasteiger partial charge in [-0.1, -0.05) is 41.6 Å². The summed E-state index contributed by atoms with van der Waals surface area (Å²) in [5, 5.41) is 3.02. The van der Waals surface area contributed by atoms with Crippen LogP contribution in [0, 0.1) is 4.91 Å². The molecule has 0 fully saturated rings. The Balaban J connectivity index is 1.67. The lowest BCUT2D eigenvalue weighted by Crippen LogP contribution is -2.36. The van der Waals surface area contributed by atoms with Gasteiger partial charge in [-0.15, -0.1) is 0 Å². The minimum atomic E-state index is -3.94. The quantitative estimate of drug-likeness (QED) is 0.444. The van der Waals surface area contributed by atoms with Crippen LogP contribution in [-0.4, -0.2) is 24.5 Å². The van der Waals surface area contributed by atoms with E-state index < -0.39 is 21.3 Å². The number of hydrogen-bond donors (Lipinski definition) is 1. The zero-order valence-electron chi connectivity index (χ0n) is 18.0. The number of nitrogens with one attached hydrogen (secondary N) is 1. The zero-order chi connectivity index (χ0) is 23.9. The summed E-state index contributed by atoms with van der Waals surface area (Å²) in [5.74, 6) is 0. The maximum absolute atomic E-state index is 13.6. The number of aromatic amines is 1. The Bertz CT molecular complexity index is 1660. The second-order valence-electron chi connectivity index (χ2n) is 8.00. The van der Waals surface area contributed by atoms with Crippen molar-refractivity contribution in [2.45, 2.75) is 24.3 Å². The van der Waals surface area contributed by atoms with Crippen LogP contribution in [0.3, 0.4) is 0 Å². The molecule has 172 valence electrons. The molecule has 9 nitrogen and oxygen atoms in total. The van der Waals surface area contributed by atoms with Crippen molar-refractivity contribution in [2.24, 2.45) is 5.18 Å². The van der Waals surface area contributed by atoms with Gasteiger partial charge in [0.25, 0.3) is 15.6 Å². The molecule has 5 rings (SSSR count). The maximum atomic E-state index is 13.6. The Morgan fingerprint density at radius 1 is 0.971 bits per heavy atom. The van der Waals surface area contributed by atoms with Gasteiger partial charge in [0.05, 0.1) is 27.2 Å². The minimum Gasteiger partial charge on any atom is -0.306 e. The molecule has 4 aromatic rings. The number of nitrogens with zero attached hydrogens (tertiary/aromatic N) is 3. The van der Waals surface area contributed by atoms with Crippen molar-refractivity contribution in [1.29, 1.82) is 0 Å². The highest BCUT2D eigenvalue weighted by Gasteiger charge is 2.29. The lowest BCUT2D eigenvalue weighted by atomic mass is 10.0. The van der Waals surface area contributed by atoms with Crippen LogP contribution >= 0.6 is 0 Å². The molecule has 0 atom stereocenters. The molecule has 0 bridgehead atoms. The van der Waals surface area contributed by atoms with Crippen molar-refractivity contribution in [2.75, 3.05) is 10.8 Å². The van der Waals surface area contributed by atoms with E-state index in [1.54, 1.807) is 30.3 Å². The molecule has 0 radical (unpaired) electrons. The van der Waals surface area contributed by atoms with E-state index in [0.717, 1.165) is 16.6 Å². The predicted molar refractivity (Wildman–Crippen MR) is 129 cm³/mol. The smallest absolute Gasteiger partial charge is 0.306 e. The molecule has 34 heavy (non-hydrogen) atoms. The molecule has 3 aromatic carbocycles. The van der Waals surface area contributed by atoms with E-state index in [0.29, 0.717) is 24.2 Å². The number of aryl methyl sites for hydroxylation is 1. The molecule has 0 unspecified atom stereocenters. The first-order valence-corrected chi connectivity index (χ1v) is 12.1. The van der Waals surface area contributed by atoms with Crippen molar-refractivity contribution < 1.29 is 8.42 Å². The minimum absolute atomic E-state index is 0.0315. The van der Waals surface area contributed by atoms with E-state index in [4.69, 9.17) is 0 Å². The first-order valence-electron chi connectivity index (χ1n) is 10.7. The number of aromatic nitrogens is 2. The van der Waals surface area contributed by atoms with Crippen molar-refractivity contribution in [3.8, 4) is 5.69 Å². The topological polar surface area (TPSA) is 122 Å². The summed E-state index contributed by atoms with van der Waals surface area (Å²) >= 11 is 0. The zero-order valence-corrected chi connectivity index (χ0v) is 18.8. The van der Waals surface area contributed by atoms with E-state index in [-0.39, 0.29) is 28.0 Å². The molecule has 1 aromatic heterocycles. The largest absolute Gasteiger partial charge is 0.333 e. The van der Waals surface area contributed by atoms with Crippen LogP contribution in [0.2, 0.25) is 0 Å². The highest BCUT2D eigenvalue weighted by Crippen LogP contribution is 2.32. The number of nitroso groups, excluding NO2 is 1. The monoisotopic (exact) mass is 476 g/mol. The van der Waals surface area contributed by atoms with Gasteiger partial charge in [-0.3, -0.25) is 9.10 Å². The predicted octanol–water partition coefficient (Wildman–Crippen LogP) is 3.09. The molecule has 10 heteroatoms. The van der Waals surface area contributed by atoms with Crippen LogP contribution < -0.4 is 15.6 Å². The molecule has 0 saturated carbocycles. The summed E-state index contributed by atoms with van der Waals surface area (Å²) in [6.45, 7) is 0.101. The maximum Gasteiger partial charge on any atom is 0.333 e. The second-order valence-corrected chi connectivity index (χ2v) is 9.87. The molecule has 0 spiro atoms. The van der Waals surface area contributed by atoms with E-state index in [1.165, 1.54) is 28.6 Å². The van der Waals surface area contributed by atoms with Gasteiger partial charge in [0.15, 0.2) is 0 Å². The fourth-order valence-corrected chi connectivity index (χ4v) is 6.01. The fourth-order valence-electron chi connectivity index (χ4n) is 4.43. The number of fused-ring (bicyclic) bond motifs is 2. The Hall–Kier alpha value is -4.05. The summed E-state index contributed by atoms with van der Waals surface area (Å²) in [6.07, 6.45) is 1.48. The summed E-state index contributed by atoms with van der Waals surface area (Å²) in [6, 6.07) is 17.9. The molecule has 0 saturated heterocycles. The molecule has 0 amide bonds. The Labute approximate surface area is 194 Å². The van der Waals surface area contributed by atoms with Gasteiger partial charge in [-0.05, 0) is 54.3 Å². The summed E-state index contributed by atoms with van der Waals surface area (Å²) < 4.78 is 29.4. The van der Waals surface area contributed by atoms with Crippen molar-refractivity contribution in [1.82, 2.24) is 9.55 Å². The molecule has 1 aliphatic rings. The third-order valence-corrected chi connectivity index (χ3v) is 7.79. The van der Waals surface area contributed by atoms with E-state index >= 15 is 0 Å². The highest BCUT2D eigenvalue weighted by molar-refractivity contribution is 7.92. The standard InChI is InChI=1S/C24H20N4O5S/c29-23-22-17(15-25-31)7-3-11-20(22)26-24(30)28(23)18-9-4-10-19(14-18)34(32,33)27-13-5-8-16-6-1-2-12-21(16)27/h1-4,6-7,9-12,14H,5,8,13,15H2,(H,26,30). The number of benzene rings is 3. The third-order valence-electron chi connectivity index (χ3n) is 5.98. The van der Waals surface area contributed by atoms with Gasteiger partial charge in [-0.25, -0.2) is 17.8 Å². The second kappa shape index (κ2) is 8.38. The number of hydrogen-bond acceptors (Lipinski definition) is 6. The normalized spacial score (nSPS) is 13.6. The van der Waals surface area contributed by atoms with Gasteiger partial charge in [-0.2, -0.15) is 4.91 Å². The number of rotatable bonds is 5. The van der Waals surface area contributed by atoms with Gasteiger partial charge in [0.1, 0.15) is 6.54 Å². The molecule has 1 N–H and O–H groups in total. The van der Waals surface area contributed by atoms with E-state index in [2.05, 4.69) is 10.2 Å². The Kier molecular flexibility index (Phi) is 5.37. The van der Waals surface area contributed by atoms with E-state index in [1.807, 2.05) is 12.1 Å². The van der Waals surface area contributed by atoms with Gasteiger partial charge >= 0.3 is 5.69 Å². The molecule has 2 heterocycles. The van der Waals surface area contributed by atoms with Crippen LogP contribution in [0.15, 0.2) is 86.4 Å². The van der Waals surface area contributed by atoms with Crippen LogP contribution in [0.1, 0.15) is 17.5 Å². The number of H-pyrrole nitrogens is 1. The number of sulfonamides is 1. The molecular weight excluding hydrogens is 456 g/mol. The fraction of sp³-hybridized carbons (Fsp3) is 0.167. The average molecular weight is 477 g/mol. The molecular formula is C24H20N4O5S. The summed E-state index contributed by atoms with van der Waals surface area (Å²) in [4.78, 5) is 39.6. The summed E-state index contributed by atoms with van der Waals surface area (Å²) in [5.41, 5.74) is 0.964. The highest BCUT2D eigenvalue weighted by atomic mass is 32.2. The van der Waals surface area contributed by atoms with Crippen molar-refractivity contribution in [3.63, 3.8) is 0 Å².